The second-order valence-corrected chi connectivity index (χ2v) is 5.77. The lowest BCUT2D eigenvalue weighted by Gasteiger charge is -2.35. The smallest absolute Gasteiger partial charge is 0.255 e. The molecule has 4 heteroatoms. The average Bonchev–Trinajstić information content (AvgIpc) is 2.74. The van der Waals surface area contributed by atoms with Crippen LogP contribution in [0.1, 0.15) is 48.5 Å². The lowest BCUT2D eigenvalue weighted by atomic mass is 9.97. The maximum Gasteiger partial charge on any atom is 0.255 e. The van der Waals surface area contributed by atoms with Crippen molar-refractivity contribution in [3.8, 4) is 0 Å². The Morgan fingerprint density at radius 3 is 2.78 bits per heavy atom. The molecule has 2 rings (SSSR count). The van der Waals surface area contributed by atoms with Gasteiger partial charge < -0.3 is 4.90 Å². The number of amides is 1. The molecule has 0 radical (unpaired) electrons. The van der Waals surface area contributed by atoms with Crippen LogP contribution in [0.5, 0.6) is 0 Å². The van der Waals surface area contributed by atoms with E-state index in [1.54, 1.807) is 18.3 Å². The van der Waals surface area contributed by atoms with Crippen molar-refractivity contribution in [2.75, 3.05) is 6.54 Å². The van der Waals surface area contributed by atoms with Gasteiger partial charge in [0.2, 0.25) is 0 Å². The summed E-state index contributed by atoms with van der Waals surface area (Å²) in [6.45, 7) is 4.35. The predicted octanol–water partition coefficient (Wildman–Crippen LogP) is 3.03. The summed E-state index contributed by atoms with van der Waals surface area (Å²) in [4.78, 5) is 25.7. The van der Waals surface area contributed by atoms with Crippen LogP contribution in [-0.4, -0.2) is 29.2 Å². The number of nitrogens with zero attached hydrogens (tertiary/aromatic N) is 1. The summed E-state index contributed by atoms with van der Waals surface area (Å²) in [5.41, 5.74) is 1.84. The van der Waals surface area contributed by atoms with Crippen LogP contribution in [0.25, 0.3) is 0 Å². The van der Waals surface area contributed by atoms with Gasteiger partial charge in [-0.1, -0.05) is 0 Å². The van der Waals surface area contributed by atoms with E-state index in [2.05, 4.69) is 0 Å². The van der Waals surface area contributed by atoms with Crippen molar-refractivity contribution in [3.05, 3.63) is 21.9 Å². The third kappa shape index (κ3) is 2.80. The molecule has 0 aromatic carbocycles. The second kappa shape index (κ2) is 5.65. The van der Waals surface area contributed by atoms with Crippen molar-refractivity contribution in [2.45, 2.75) is 45.6 Å². The summed E-state index contributed by atoms with van der Waals surface area (Å²) in [7, 11) is 0. The minimum atomic E-state index is 0.0969. The highest BCUT2D eigenvalue weighted by atomic mass is 32.1. The zero-order chi connectivity index (χ0) is 13.1. The summed E-state index contributed by atoms with van der Waals surface area (Å²) in [6, 6.07) is 0.100. The molecule has 3 nitrogen and oxygen atoms in total. The third-order valence-corrected chi connectivity index (χ3v) is 4.36. The fourth-order valence-electron chi connectivity index (χ4n) is 2.55. The number of aryl methyl sites for hydroxylation is 1. The molecule has 18 heavy (non-hydrogen) atoms. The van der Waals surface area contributed by atoms with Gasteiger partial charge in [-0.05, 0) is 44.1 Å². The molecule has 1 aliphatic rings. The molecule has 2 heterocycles. The van der Waals surface area contributed by atoms with Gasteiger partial charge in [0.1, 0.15) is 5.78 Å². The number of likely N-dealkylation sites (tertiary alicyclic amines) is 1. The molecule has 0 bridgehead atoms. The quantitative estimate of drug-likeness (QED) is 0.842. The Kier molecular flexibility index (Phi) is 4.17. The molecule has 0 aliphatic carbocycles. The van der Waals surface area contributed by atoms with E-state index in [9.17, 15) is 9.59 Å². The average molecular weight is 265 g/mol. The predicted molar refractivity (Wildman–Crippen MR) is 73.0 cm³/mol. The zero-order valence-electron chi connectivity index (χ0n) is 10.9. The van der Waals surface area contributed by atoms with Crippen molar-refractivity contribution < 1.29 is 9.59 Å². The molecule has 98 valence electrons. The Labute approximate surface area is 112 Å². The molecular formula is C14H19NO2S. The highest BCUT2D eigenvalue weighted by molar-refractivity contribution is 7.08. The minimum Gasteiger partial charge on any atom is -0.335 e. The van der Waals surface area contributed by atoms with E-state index in [0.717, 1.165) is 36.9 Å². The van der Waals surface area contributed by atoms with Crippen molar-refractivity contribution in [1.82, 2.24) is 4.90 Å². The van der Waals surface area contributed by atoms with Crippen molar-refractivity contribution >= 4 is 23.0 Å². The number of hydrogen-bond donors (Lipinski definition) is 0. The van der Waals surface area contributed by atoms with Gasteiger partial charge in [-0.3, -0.25) is 9.59 Å². The monoisotopic (exact) mass is 265 g/mol. The van der Waals surface area contributed by atoms with Gasteiger partial charge in [-0.2, -0.15) is 11.3 Å². The number of rotatable bonds is 3. The lowest BCUT2D eigenvalue weighted by molar-refractivity contribution is -0.118. The number of carbonyl (C=O) groups excluding carboxylic acids is 2. The van der Waals surface area contributed by atoms with E-state index in [-0.39, 0.29) is 17.7 Å². The highest BCUT2D eigenvalue weighted by Gasteiger charge is 2.29. The van der Waals surface area contributed by atoms with Crippen molar-refractivity contribution in [3.63, 3.8) is 0 Å². The normalized spacial score (nSPS) is 19.9. The van der Waals surface area contributed by atoms with Crippen LogP contribution in [0.3, 0.4) is 0 Å². The highest BCUT2D eigenvalue weighted by Crippen LogP contribution is 2.24. The van der Waals surface area contributed by atoms with Gasteiger partial charge in [-0.15, -0.1) is 0 Å². The minimum absolute atomic E-state index is 0.0969. The summed E-state index contributed by atoms with van der Waals surface area (Å²) in [5, 5.41) is 3.91. The van der Waals surface area contributed by atoms with Gasteiger partial charge in [0.15, 0.2) is 0 Å². The second-order valence-electron chi connectivity index (χ2n) is 5.02. The number of thiophene rings is 1. The molecule has 1 aromatic rings. The third-order valence-electron chi connectivity index (χ3n) is 3.50. The Balaban J connectivity index is 2.16. The van der Waals surface area contributed by atoms with E-state index >= 15 is 0 Å². The van der Waals surface area contributed by atoms with Crippen molar-refractivity contribution in [1.29, 1.82) is 0 Å². The Bertz CT molecular complexity index is 452. The van der Waals surface area contributed by atoms with Gasteiger partial charge >= 0.3 is 0 Å². The molecule has 0 N–H and O–H groups in total. The van der Waals surface area contributed by atoms with E-state index in [1.165, 1.54) is 0 Å². The summed E-state index contributed by atoms with van der Waals surface area (Å²) in [6.07, 6.45) is 3.61. The Hall–Kier alpha value is -1.16. The van der Waals surface area contributed by atoms with E-state index in [4.69, 9.17) is 0 Å². The van der Waals surface area contributed by atoms with Gasteiger partial charge in [0.05, 0.1) is 5.56 Å². The maximum absolute atomic E-state index is 12.5. The van der Waals surface area contributed by atoms with Crippen LogP contribution in [0.2, 0.25) is 0 Å². The number of hydrogen-bond acceptors (Lipinski definition) is 3. The summed E-state index contributed by atoms with van der Waals surface area (Å²) >= 11 is 1.56. The Morgan fingerprint density at radius 1 is 1.39 bits per heavy atom. The number of ketones is 1. The van der Waals surface area contributed by atoms with Crippen LogP contribution < -0.4 is 0 Å². The van der Waals surface area contributed by atoms with Crippen LogP contribution in [-0.2, 0) is 4.79 Å². The van der Waals surface area contributed by atoms with Crippen molar-refractivity contribution in [2.24, 2.45) is 0 Å². The first-order valence-electron chi connectivity index (χ1n) is 6.43. The molecule has 1 saturated heterocycles. The molecule has 1 unspecified atom stereocenters. The molecule has 0 spiro atoms. The van der Waals surface area contributed by atoms with Crippen LogP contribution in [0, 0.1) is 6.92 Å². The molecule has 1 aliphatic heterocycles. The first-order chi connectivity index (χ1) is 8.59. The first-order valence-corrected chi connectivity index (χ1v) is 7.37. The molecule has 1 amide bonds. The zero-order valence-corrected chi connectivity index (χ0v) is 11.8. The van der Waals surface area contributed by atoms with Crippen LogP contribution >= 0.6 is 11.3 Å². The number of Topliss-reactive ketones (excluding diaryl/α,β-unsaturated/α-hetero) is 1. The lowest BCUT2D eigenvalue weighted by Crippen LogP contribution is -2.44. The van der Waals surface area contributed by atoms with Gasteiger partial charge in [0.25, 0.3) is 5.91 Å². The van der Waals surface area contributed by atoms with Crippen LogP contribution in [0.15, 0.2) is 10.8 Å². The fraction of sp³-hybridized carbons (Fsp3) is 0.571. The molecule has 1 aromatic heterocycles. The number of carbonyl (C=O) groups is 2. The topological polar surface area (TPSA) is 37.4 Å². The Morgan fingerprint density at radius 2 is 2.17 bits per heavy atom. The number of piperidine rings is 1. The standard InChI is InChI=1S/C14H19NO2S/c1-10-8-18-9-13(10)14(17)15-6-4-3-5-12(15)7-11(2)16/h8-9,12H,3-7H2,1-2H3. The molecule has 0 saturated carbocycles. The molecule has 1 fully saturated rings. The summed E-state index contributed by atoms with van der Waals surface area (Å²) < 4.78 is 0. The van der Waals surface area contributed by atoms with Gasteiger partial charge in [-0.25, -0.2) is 0 Å². The van der Waals surface area contributed by atoms with Gasteiger partial charge in [0, 0.05) is 24.4 Å². The molecular weight excluding hydrogens is 246 g/mol. The SMILES string of the molecule is CC(=O)CC1CCCCN1C(=O)c1cscc1C. The van der Waals surface area contributed by atoms with E-state index < -0.39 is 0 Å². The van der Waals surface area contributed by atoms with E-state index in [0.29, 0.717) is 6.42 Å². The first kappa shape index (κ1) is 13.3. The maximum atomic E-state index is 12.5. The van der Waals surface area contributed by atoms with Crippen LogP contribution in [0.4, 0.5) is 0 Å². The largest absolute Gasteiger partial charge is 0.335 e. The molecule has 1 atom stereocenters. The van der Waals surface area contributed by atoms with E-state index in [1.807, 2.05) is 22.6 Å². The summed E-state index contributed by atoms with van der Waals surface area (Å²) in [5.74, 6) is 0.265. The fourth-order valence-corrected chi connectivity index (χ4v) is 3.37.